The molecule has 0 saturated heterocycles. The van der Waals surface area contributed by atoms with E-state index >= 15 is 0 Å². The average molecular weight is 231 g/mol. The van der Waals surface area contributed by atoms with Gasteiger partial charge in [-0.3, -0.25) is 0 Å². The maximum atomic E-state index is 5.89. The van der Waals surface area contributed by atoms with E-state index in [1.807, 2.05) is 13.2 Å². The van der Waals surface area contributed by atoms with E-state index < -0.39 is 0 Å². The zero-order valence-corrected chi connectivity index (χ0v) is 10.1. The monoisotopic (exact) mass is 231 g/mol. The van der Waals surface area contributed by atoms with Crippen molar-refractivity contribution in [2.24, 2.45) is 5.73 Å². The Morgan fingerprint density at radius 1 is 1.60 bits per heavy atom. The lowest BCUT2D eigenvalue weighted by molar-refractivity contribution is 0.109. The molecule has 0 radical (unpaired) electrons. The van der Waals surface area contributed by atoms with Crippen LogP contribution in [0.3, 0.4) is 0 Å². The molecule has 86 valence electrons. The largest absolute Gasteiger partial charge is 0.374 e. The van der Waals surface area contributed by atoms with Crippen molar-refractivity contribution in [3.05, 3.63) is 11.7 Å². The van der Waals surface area contributed by atoms with E-state index in [1.54, 1.807) is 18.9 Å². The van der Waals surface area contributed by atoms with Crippen LogP contribution in [-0.2, 0) is 4.74 Å². The highest BCUT2D eigenvalue weighted by molar-refractivity contribution is 7.98. The van der Waals surface area contributed by atoms with E-state index in [9.17, 15) is 0 Å². The molecule has 0 fully saturated rings. The predicted octanol–water partition coefficient (Wildman–Crippen LogP) is 1.53. The molecule has 0 aliphatic rings. The fourth-order valence-electron chi connectivity index (χ4n) is 1.04. The van der Waals surface area contributed by atoms with E-state index in [0.717, 1.165) is 12.2 Å². The first-order valence-electron chi connectivity index (χ1n) is 4.79. The molecule has 0 aliphatic carbocycles. The topological polar surface area (TPSA) is 74.2 Å². The lowest BCUT2D eigenvalue weighted by atomic mass is 10.2. The van der Waals surface area contributed by atoms with Gasteiger partial charge in [-0.25, -0.2) is 0 Å². The summed E-state index contributed by atoms with van der Waals surface area (Å²) >= 11 is 1.75. The number of rotatable bonds is 6. The van der Waals surface area contributed by atoms with Crippen LogP contribution in [-0.4, -0.2) is 29.3 Å². The van der Waals surface area contributed by atoms with Crippen molar-refractivity contribution in [3.8, 4) is 0 Å². The Morgan fingerprint density at radius 3 is 2.93 bits per heavy atom. The normalized spacial score (nSPS) is 15.2. The quantitative estimate of drug-likeness (QED) is 0.800. The summed E-state index contributed by atoms with van der Waals surface area (Å²) in [5.41, 5.74) is 5.89. The molecule has 2 atom stereocenters. The van der Waals surface area contributed by atoms with Crippen molar-refractivity contribution < 1.29 is 9.26 Å². The van der Waals surface area contributed by atoms with Gasteiger partial charge in [-0.05, 0) is 25.4 Å². The van der Waals surface area contributed by atoms with Gasteiger partial charge >= 0.3 is 0 Å². The minimum absolute atomic E-state index is 0.157. The number of hydrogen-bond acceptors (Lipinski definition) is 6. The number of methoxy groups -OCH3 is 1. The molecule has 0 aliphatic heterocycles. The minimum Gasteiger partial charge on any atom is -0.374 e. The van der Waals surface area contributed by atoms with Crippen LogP contribution in [0.5, 0.6) is 0 Å². The third-order valence-corrected chi connectivity index (χ3v) is 2.77. The smallest absolute Gasteiger partial charge is 0.243 e. The molecule has 0 aromatic carbocycles. The van der Waals surface area contributed by atoms with E-state index in [4.69, 9.17) is 15.0 Å². The molecule has 2 unspecified atom stereocenters. The number of nitrogens with two attached hydrogens (primary N) is 1. The van der Waals surface area contributed by atoms with Gasteiger partial charge in [-0.1, -0.05) is 5.16 Å². The van der Waals surface area contributed by atoms with E-state index in [1.165, 1.54) is 0 Å². The first-order valence-corrected chi connectivity index (χ1v) is 6.19. The van der Waals surface area contributed by atoms with Gasteiger partial charge in [0.25, 0.3) is 0 Å². The van der Waals surface area contributed by atoms with Crippen LogP contribution in [0.15, 0.2) is 4.52 Å². The van der Waals surface area contributed by atoms with Crippen molar-refractivity contribution in [2.75, 3.05) is 19.1 Å². The second kappa shape index (κ2) is 6.09. The molecule has 1 aromatic heterocycles. The first-order chi connectivity index (χ1) is 7.19. The van der Waals surface area contributed by atoms with Crippen LogP contribution < -0.4 is 5.73 Å². The molecule has 0 amide bonds. The van der Waals surface area contributed by atoms with Gasteiger partial charge in [0.15, 0.2) is 5.82 Å². The van der Waals surface area contributed by atoms with Crippen molar-refractivity contribution in [3.63, 3.8) is 0 Å². The fourth-order valence-corrected chi connectivity index (χ4v) is 1.53. The minimum atomic E-state index is -0.178. The Balaban J connectivity index is 2.58. The average Bonchev–Trinajstić information content (AvgIpc) is 2.74. The van der Waals surface area contributed by atoms with Gasteiger partial charge in [0.1, 0.15) is 6.10 Å². The maximum absolute atomic E-state index is 5.89. The third-order valence-electron chi connectivity index (χ3n) is 2.12. The zero-order chi connectivity index (χ0) is 11.3. The number of aromatic nitrogens is 2. The molecular weight excluding hydrogens is 214 g/mol. The van der Waals surface area contributed by atoms with Crippen LogP contribution in [0.25, 0.3) is 0 Å². The summed E-state index contributed by atoms with van der Waals surface area (Å²) < 4.78 is 10.2. The molecule has 15 heavy (non-hydrogen) atoms. The SMILES string of the molecule is COC(C)c1noc(C(N)CCSC)n1. The molecule has 6 heteroatoms. The van der Waals surface area contributed by atoms with Crippen LogP contribution in [0, 0.1) is 0 Å². The Kier molecular flexibility index (Phi) is 5.07. The van der Waals surface area contributed by atoms with Crippen LogP contribution >= 0.6 is 11.8 Å². The second-order valence-corrected chi connectivity index (χ2v) is 4.24. The number of hydrogen-bond donors (Lipinski definition) is 1. The molecule has 1 heterocycles. The Bertz CT molecular complexity index is 293. The fraction of sp³-hybridized carbons (Fsp3) is 0.778. The number of thioether (sulfide) groups is 1. The van der Waals surface area contributed by atoms with Crippen molar-refractivity contribution in [2.45, 2.75) is 25.5 Å². The summed E-state index contributed by atoms with van der Waals surface area (Å²) in [5.74, 6) is 2.02. The maximum Gasteiger partial charge on any atom is 0.243 e. The summed E-state index contributed by atoms with van der Waals surface area (Å²) in [6.07, 6.45) is 2.72. The summed E-state index contributed by atoms with van der Waals surface area (Å²) in [6, 6.07) is -0.178. The second-order valence-electron chi connectivity index (χ2n) is 3.26. The van der Waals surface area contributed by atoms with Gasteiger partial charge in [0.2, 0.25) is 5.89 Å². The molecule has 1 rings (SSSR count). The standard InChI is InChI=1S/C9H17N3O2S/c1-6(13-2)8-11-9(14-12-8)7(10)4-5-15-3/h6-7H,4-5,10H2,1-3H3. The lowest BCUT2D eigenvalue weighted by Gasteiger charge is -2.04. The Morgan fingerprint density at radius 2 is 2.33 bits per heavy atom. The Labute approximate surface area is 93.7 Å². The number of ether oxygens (including phenoxy) is 1. The summed E-state index contributed by atoms with van der Waals surface area (Å²) in [4.78, 5) is 4.20. The van der Waals surface area contributed by atoms with E-state index in [-0.39, 0.29) is 12.1 Å². The molecule has 0 spiro atoms. The Hall–Kier alpha value is -0.590. The molecule has 1 aromatic rings. The van der Waals surface area contributed by atoms with Crippen molar-refractivity contribution in [1.82, 2.24) is 10.1 Å². The van der Waals surface area contributed by atoms with Crippen molar-refractivity contribution >= 4 is 11.8 Å². The number of nitrogens with zero attached hydrogens (tertiary/aromatic N) is 2. The molecule has 0 bridgehead atoms. The van der Waals surface area contributed by atoms with Gasteiger partial charge in [0, 0.05) is 7.11 Å². The molecular formula is C9H17N3O2S. The van der Waals surface area contributed by atoms with Crippen molar-refractivity contribution in [1.29, 1.82) is 0 Å². The summed E-state index contributed by atoms with van der Waals surface area (Å²) in [5, 5.41) is 3.82. The van der Waals surface area contributed by atoms with Gasteiger partial charge in [-0.15, -0.1) is 0 Å². The lowest BCUT2D eigenvalue weighted by Crippen LogP contribution is -2.12. The van der Waals surface area contributed by atoms with Gasteiger partial charge in [-0.2, -0.15) is 16.7 Å². The first kappa shape index (κ1) is 12.5. The third kappa shape index (κ3) is 3.48. The zero-order valence-electron chi connectivity index (χ0n) is 9.27. The van der Waals surface area contributed by atoms with Crippen LogP contribution in [0.4, 0.5) is 0 Å². The van der Waals surface area contributed by atoms with Crippen LogP contribution in [0.1, 0.15) is 37.2 Å². The van der Waals surface area contributed by atoms with Crippen LogP contribution in [0.2, 0.25) is 0 Å². The van der Waals surface area contributed by atoms with E-state index in [0.29, 0.717) is 11.7 Å². The molecule has 5 nitrogen and oxygen atoms in total. The van der Waals surface area contributed by atoms with Gasteiger partial charge < -0.3 is 15.0 Å². The molecule has 2 N–H and O–H groups in total. The summed E-state index contributed by atoms with van der Waals surface area (Å²) in [7, 11) is 1.61. The highest BCUT2D eigenvalue weighted by Crippen LogP contribution is 2.17. The van der Waals surface area contributed by atoms with E-state index in [2.05, 4.69) is 10.1 Å². The van der Waals surface area contributed by atoms with Gasteiger partial charge in [0.05, 0.1) is 6.04 Å². The highest BCUT2D eigenvalue weighted by Gasteiger charge is 2.17. The highest BCUT2D eigenvalue weighted by atomic mass is 32.2. The summed E-state index contributed by atoms with van der Waals surface area (Å²) in [6.45, 7) is 1.86. The molecule has 0 saturated carbocycles. The predicted molar refractivity (Wildman–Crippen MR) is 59.6 cm³/mol.